The molecule has 3 heterocycles. The average Bonchev–Trinajstić information content (AvgIpc) is 3.60. The number of methoxy groups -OCH3 is 1. The van der Waals surface area contributed by atoms with Crippen LogP contribution in [0.25, 0.3) is 22.6 Å². The number of amides is 1. The molecule has 0 radical (unpaired) electrons. The summed E-state index contributed by atoms with van der Waals surface area (Å²) in [4.78, 5) is 12.9. The van der Waals surface area contributed by atoms with E-state index in [1.165, 1.54) is 17.3 Å². The summed E-state index contributed by atoms with van der Waals surface area (Å²) in [5.74, 6) is 2.13. The van der Waals surface area contributed by atoms with Crippen LogP contribution in [0.4, 0.5) is 0 Å². The molecular formula is C29H25N5O3S. The van der Waals surface area contributed by atoms with Crippen molar-refractivity contribution in [3.05, 3.63) is 101 Å². The second-order valence-corrected chi connectivity index (χ2v) is 10.1. The third kappa shape index (κ3) is 4.68. The van der Waals surface area contributed by atoms with Crippen LogP contribution in [0.3, 0.4) is 0 Å². The van der Waals surface area contributed by atoms with Crippen molar-refractivity contribution in [2.24, 2.45) is 0 Å². The predicted octanol–water partition coefficient (Wildman–Crippen LogP) is 5.76. The number of carbonyl (C=O) groups is 1. The number of fused-ring (bicyclic) bond motifs is 1. The lowest BCUT2D eigenvalue weighted by Gasteiger charge is -2.25. The van der Waals surface area contributed by atoms with Crippen molar-refractivity contribution >= 4 is 17.7 Å². The van der Waals surface area contributed by atoms with E-state index in [0.29, 0.717) is 29.5 Å². The number of aromatic nitrogens is 4. The maximum absolute atomic E-state index is 12.9. The number of aryl methyl sites for hydroxylation is 1. The summed E-state index contributed by atoms with van der Waals surface area (Å²) in [6.07, 6.45) is 0.668. The zero-order chi connectivity index (χ0) is 26.1. The van der Waals surface area contributed by atoms with E-state index in [1.54, 1.807) is 7.11 Å². The average molecular weight is 524 g/mol. The molecule has 1 aliphatic heterocycles. The highest BCUT2D eigenvalue weighted by molar-refractivity contribution is 7.98. The van der Waals surface area contributed by atoms with Gasteiger partial charge < -0.3 is 14.5 Å². The minimum Gasteiger partial charge on any atom is -0.497 e. The van der Waals surface area contributed by atoms with Gasteiger partial charge in [0, 0.05) is 16.7 Å². The molecule has 1 unspecified atom stereocenters. The van der Waals surface area contributed by atoms with Crippen molar-refractivity contribution in [2.75, 3.05) is 7.11 Å². The molecule has 8 nitrogen and oxygen atoms in total. The van der Waals surface area contributed by atoms with Crippen LogP contribution >= 0.6 is 11.8 Å². The largest absolute Gasteiger partial charge is 0.497 e. The van der Waals surface area contributed by atoms with E-state index >= 15 is 0 Å². The van der Waals surface area contributed by atoms with Crippen LogP contribution in [0.2, 0.25) is 0 Å². The molecule has 1 amide bonds. The Hall–Kier alpha value is -4.37. The molecule has 9 heteroatoms. The number of H-pyrrole nitrogens is 1. The summed E-state index contributed by atoms with van der Waals surface area (Å²) in [5, 5.41) is 20.2. The number of hydrogen-bond donors (Lipinski definition) is 2. The van der Waals surface area contributed by atoms with Crippen LogP contribution in [-0.2, 0) is 12.2 Å². The molecule has 0 spiro atoms. The van der Waals surface area contributed by atoms with Crippen molar-refractivity contribution in [1.29, 1.82) is 0 Å². The molecular weight excluding hydrogens is 498 g/mol. The number of carbonyl (C=O) groups excluding carboxylic acids is 1. The first kappa shape index (κ1) is 24.0. The molecule has 38 heavy (non-hydrogen) atoms. The Labute approximate surface area is 223 Å². The molecule has 3 aromatic carbocycles. The van der Waals surface area contributed by atoms with Gasteiger partial charge in [0.15, 0.2) is 0 Å². The zero-order valence-electron chi connectivity index (χ0n) is 20.9. The van der Waals surface area contributed by atoms with Crippen molar-refractivity contribution in [3.8, 4) is 28.3 Å². The maximum atomic E-state index is 12.9. The fourth-order valence-corrected chi connectivity index (χ4v) is 5.45. The molecule has 1 aliphatic rings. The molecule has 2 N–H and O–H groups in total. The van der Waals surface area contributed by atoms with Gasteiger partial charge in [0.2, 0.25) is 11.8 Å². The Morgan fingerprint density at radius 2 is 1.76 bits per heavy atom. The van der Waals surface area contributed by atoms with E-state index in [9.17, 15) is 4.79 Å². The fourth-order valence-electron chi connectivity index (χ4n) is 4.59. The second-order valence-electron chi connectivity index (χ2n) is 9.09. The number of nitrogens with zero attached hydrogens (tertiary/aromatic N) is 3. The summed E-state index contributed by atoms with van der Waals surface area (Å²) < 4.78 is 11.3. The van der Waals surface area contributed by atoms with Gasteiger partial charge in [0.05, 0.1) is 24.6 Å². The molecule has 0 fully saturated rings. The van der Waals surface area contributed by atoms with E-state index in [4.69, 9.17) is 9.15 Å². The van der Waals surface area contributed by atoms with Crippen LogP contribution in [0.1, 0.15) is 39.1 Å². The SMILES string of the molecule is COc1ccc(-c2c(SCc3nnc(-c4ccc(C)cc4)o3)n[nH]c2C2Cc3ccccc3C(=O)N2)cc1. The number of ether oxygens (including phenoxy) is 1. The van der Waals surface area contributed by atoms with Gasteiger partial charge in [-0.1, -0.05) is 59.8 Å². The summed E-state index contributed by atoms with van der Waals surface area (Å²) in [6.45, 7) is 2.04. The smallest absolute Gasteiger partial charge is 0.252 e. The molecule has 0 saturated carbocycles. The number of hydrogen-bond acceptors (Lipinski definition) is 7. The zero-order valence-corrected chi connectivity index (χ0v) is 21.7. The number of aromatic amines is 1. The minimum absolute atomic E-state index is 0.0872. The number of benzene rings is 3. The first-order chi connectivity index (χ1) is 18.6. The van der Waals surface area contributed by atoms with Crippen LogP contribution in [-0.4, -0.2) is 33.4 Å². The Morgan fingerprint density at radius 3 is 2.55 bits per heavy atom. The van der Waals surface area contributed by atoms with E-state index < -0.39 is 0 Å². The third-order valence-corrected chi connectivity index (χ3v) is 7.54. The van der Waals surface area contributed by atoms with Gasteiger partial charge >= 0.3 is 0 Å². The van der Waals surface area contributed by atoms with Gasteiger partial charge in [0.25, 0.3) is 5.91 Å². The van der Waals surface area contributed by atoms with E-state index in [0.717, 1.165) is 38.7 Å². The summed E-state index contributed by atoms with van der Waals surface area (Å²) in [5.41, 5.74) is 6.53. The van der Waals surface area contributed by atoms with Crippen molar-refractivity contribution in [1.82, 2.24) is 25.7 Å². The van der Waals surface area contributed by atoms with E-state index in [2.05, 4.69) is 25.7 Å². The molecule has 0 saturated heterocycles. The molecule has 6 rings (SSSR count). The first-order valence-electron chi connectivity index (χ1n) is 12.2. The molecule has 2 aromatic heterocycles. The molecule has 0 aliphatic carbocycles. The second kappa shape index (κ2) is 10.2. The van der Waals surface area contributed by atoms with Gasteiger partial charge in [0.1, 0.15) is 10.8 Å². The first-order valence-corrected chi connectivity index (χ1v) is 13.2. The monoisotopic (exact) mass is 523 g/mol. The normalized spacial score (nSPS) is 14.7. The highest BCUT2D eigenvalue weighted by Crippen LogP contribution is 2.39. The van der Waals surface area contributed by atoms with Gasteiger partial charge in [-0.05, 0) is 54.8 Å². The van der Waals surface area contributed by atoms with E-state index in [-0.39, 0.29) is 11.9 Å². The highest BCUT2D eigenvalue weighted by Gasteiger charge is 2.30. The Kier molecular flexibility index (Phi) is 6.43. The Morgan fingerprint density at radius 1 is 1.00 bits per heavy atom. The standard InChI is InChI=1S/C29H25N5O3S/c1-17-7-9-19(10-8-17)28-33-31-24(37-28)16-38-29-25(18-11-13-21(36-2)14-12-18)26(32-34-29)23-15-20-5-3-4-6-22(20)27(35)30-23/h3-14,23H,15-16H2,1-2H3,(H,30,35)(H,32,34). The predicted molar refractivity (Wildman–Crippen MR) is 145 cm³/mol. The molecule has 1 atom stereocenters. The van der Waals surface area contributed by atoms with Crippen molar-refractivity contribution in [3.63, 3.8) is 0 Å². The topological polar surface area (TPSA) is 106 Å². The Balaban J connectivity index is 1.30. The maximum Gasteiger partial charge on any atom is 0.252 e. The third-order valence-electron chi connectivity index (χ3n) is 6.58. The summed E-state index contributed by atoms with van der Waals surface area (Å²) >= 11 is 1.50. The minimum atomic E-state index is -0.243. The lowest BCUT2D eigenvalue weighted by atomic mass is 9.91. The van der Waals surface area contributed by atoms with Gasteiger partial charge in [-0.2, -0.15) is 5.10 Å². The van der Waals surface area contributed by atoms with Crippen LogP contribution in [0.15, 0.2) is 82.2 Å². The molecule has 5 aromatic rings. The fraction of sp³-hybridized carbons (Fsp3) is 0.172. The number of rotatable bonds is 7. The number of nitrogens with one attached hydrogen (secondary N) is 2. The van der Waals surface area contributed by atoms with Gasteiger partial charge in [-0.3, -0.25) is 9.89 Å². The highest BCUT2D eigenvalue weighted by atomic mass is 32.2. The number of thioether (sulfide) groups is 1. The van der Waals surface area contributed by atoms with Crippen molar-refractivity contribution < 1.29 is 13.9 Å². The van der Waals surface area contributed by atoms with Crippen LogP contribution in [0, 0.1) is 6.92 Å². The van der Waals surface area contributed by atoms with E-state index in [1.807, 2.05) is 79.7 Å². The van der Waals surface area contributed by atoms with Crippen LogP contribution < -0.4 is 10.1 Å². The summed E-state index contributed by atoms with van der Waals surface area (Å²) in [7, 11) is 1.64. The molecule has 0 bridgehead atoms. The molecule has 190 valence electrons. The Bertz CT molecular complexity index is 1590. The van der Waals surface area contributed by atoms with Crippen molar-refractivity contribution in [2.45, 2.75) is 30.2 Å². The lowest BCUT2D eigenvalue weighted by molar-refractivity contribution is 0.0924. The lowest BCUT2D eigenvalue weighted by Crippen LogP contribution is -2.35. The van der Waals surface area contributed by atoms with Gasteiger partial charge in [-0.15, -0.1) is 10.2 Å². The quantitative estimate of drug-likeness (QED) is 0.261. The van der Waals surface area contributed by atoms with Crippen LogP contribution in [0.5, 0.6) is 5.75 Å². The van der Waals surface area contributed by atoms with Gasteiger partial charge in [-0.25, -0.2) is 0 Å². The summed E-state index contributed by atoms with van der Waals surface area (Å²) in [6, 6.07) is 23.3.